The summed E-state index contributed by atoms with van der Waals surface area (Å²) in [5, 5.41) is 4.65. The van der Waals surface area contributed by atoms with Gasteiger partial charge in [-0.25, -0.2) is 14.5 Å². The van der Waals surface area contributed by atoms with Gasteiger partial charge in [0.2, 0.25) is 5.88 Å². The third-order valence-corrected chi connectivity index (χ3v) is 3.98. The lowest BCUT2D eigenvalue weighted by molar-refractivity contribution is 0.353. The number of aryl methyl sites for hydroxylation is 1. The SMILES string of the molecule is COc1ncc(-c2cc(C3CC3)c3nc(C)cn3n2)c(OC)n1. The molecule has 0 spiro atoms. The molecule has 3 aromatic heterocycles. The fourth-order valence-electron chi connectivity index (χ4n) is 2.72. The number of hydrogen-bond acceptors (Lipinski definition) is 6. The maximum atomic E-state index is 5.38. The Balaban J connectivity index is 1.92. The molecule has 0 unspecified atom stereocenters. The first-order valence-electron chi connectivity index (χ1n) is 7.52. The molecule has 7 heteroatoms. The van der Waals surface area contributed by atoms with Crippen molar-refractivity contribution in [2.75, 3.05) is 14.2 Å². The lowest BCUT2D eigenvalue weighted by atomic mass is 10.1. The normalized spacial score (nSPS) is 14.2. The molecular weight excluding hydrogens is 294 g/mol. The second kappa shape index (κ2) is 5.19. The fourth-order valence-corrected chi connectivity index (χ4v) is 2.72. The molecule has 0 saturated heterocycles. The summed E-state index contributed by atoms with van der Waals surface area (Å²) in [5.74, 6) is 1.01. The van der Waals surface area contributed by atoms with E-state index < -0.39 is 0 Å². The summed E-state index contributed by atoms with van der Waals surface area (Å²) in [6, 6.07) is 2.35. The van der Waals surface area contributed by atoms with E-state index in [-0.39, 0.29) is 6.01 Å². The molecule has 3 heterocycles. The number of methoxy groups -OCH3 is 2. The smallest absolute Gasteiger partial charge is 0.319 e. The minimum absolute atomic E-state index is 0.271. The van der Waals surface area contributed by atoms with Gasteiger partial charge >= 0.3 is 6.01 Å². The van der Waals surface area contributed by atoms with Gasteiger partial charge in [-0.3, -0.25) is 0 Å². The van der Waals surface area contributed by atoms with Gasteiger partial charge in [0.05, 0.1) is 37.4 Å². The molecule has 7 nitrogen and oxygen atoms in total. The number of aromatic nitrogens is 5. The van der Waals surface area contributed by atoms with E-state index in [1.807, 2.05) is 17.6 Å². The lowest BCUT2D eigenvalue weighted by Gasteiger charge is -2.10. The second-order valence-corrected chi connectivity index (χ2v) is 5.69. The van der Waals surface area contributed by atoms with Gasteiger partial charge in [0.15, 0.2) is 5.65 Å². The molecule has 0 radical (unpaired) electrons. The van der Waals surface area contributed by atoms with Crippen LogP contribution in [0, 0.1) is 6.92 Å². The zero-order valence-electron chi connectivity index (χ0n) is 13.3. The molecule has 118 valence electrons. The quantitative estimate of drug-likeness (QED) is 0.736. The monoisotopic (exact) mass is 311 g/mol. The van der Waals surface area contributed by atoms with Gasteiger partial charge < -0.3 is 9.47 Å². The molecule has 0 aromatic carbocycles. The van der Waals surface area contributed by atoms with Gasteiger partial charge in [-0.05, 0) is 31.7 Å². The molecule has 4 rings (SSSR count). The Morgan fingerprint density at radius 2 is 2.00 bits per heavy atom. The van der Waals surface area contributed by atoms with Crippen LogP contribution in [-0.2, 0) is 0 Å². The fraction of sp³-hybridized carbons (Fsp3) is 0.375. The molecule has 0 bridgehead atoms. The highest BCUT2D eigenvalue weighted by Crippen LogP contribution is 2.43. The van der Waals surface area contributed by atoms with E-state index in [2.05, 4.69) is 26.1 Å². The molecule has 0 N–H and O–H groups in total. The third kappa shape index (κ3) is 2.38. The number of fused-ring (bicyclic) bond motifs is 1. The van der Waals surface area contributed by atoms with Crippen LogP contribution in [0.5, 0.6) is 11.9 Å². The number of nitrogens with zero attached hydrogens (tertiary/aromatic N) is 5. The van der Waals surface area contributed by atoms with Crippen molar-refractivity contribution in [3.63, 3.8) is 0 Å². The van der Waals surface area contributed by atoms with Crippen LogP contribution in [0.2, 0.25) is 0 Å². The molecule has 1 fully saturated rings. The number of ether oxygens (including phenoxy) is 2. The lowest BCUT2D eigenvalue weighted by Crippen LogP contribution is -2.02. The zero-order valence-corrected chi connectivity index (χ0v) is 13.3. The number of rotatable bonds is 4. The summed E-state index contributed by atoms with van der Waals surface area (Å²) in [7, 11) is 3.10. The van der Waals surface area contributed by atoms with E-state index in [9.17, 15) is 0 Å². The summed E-state index contributed by atoms with van der Waals surface area (Å²) in [5.41, 5.74) is 4.62. The summed E-state index contributed by atoms with van der Waals surface area (Å²) in [4.78, 5) is 13.0. The number of hydrogen-bond donors (Lipinski definition) is 0. The summed E-state index contributed by atoms with van der Waals surface area (Å²) in [6.07, 6.45) is 6.00. The van der Waals surface area contributed by atoms with Crippen molar-refractivity contribution < 1.29 is 9.47 Å². The Hall–Kier alpha value is -2.70. The second-order valence-electron chi connectivity index (χ2n) is 5.69. The van der Waals surface area contributed by atoms with Crippen LogP contribution in [-0.4, -0.2) is 38.8 Å². The van der Waals surface area contributed by atoms with Crippen LogP contribution in [0.15, 0.2) is 18.5 Å². The van der Waals surface area contributed by atoms with Crippen LogP contribution in [0.1, 0.15) is 30.0 Å². The van der Waals surface area contributed by atoms with Crippen LogP contribution < -0.4 is 9.47 Å². The van der Waals surface area contributed by atoms with Crippen molar-refractivity contribution in [3.05, 3.63) is 29.7 Å². The predicted molar refractivity (Wildman–Crippen MR) is 83.8 cm³/mol. The molecule has 0 amide bonds. The molecule has 1 aliphatic rings. The summed E-state index contributed by atoms with van der Waals surface area (Å²) in [6.45, 7) is 1.97. The highest BCUT2D eigenvalue weighted by atomic mass is 16.5. The highest BCUT2D eigenvalue weighted by molar-refractivity contribution is 5.67. The Bertz CT molecular complexity index is 886. The predicted octanol–water partition coefficient (Wildman–Crippen LogP) is 2.39. The Labute approximate surface area is 133 Å². The third-order valence-electron chi connectivity index (χ3n) is 3.98. The maximum absolute atomic E-state index is 5.38. The first kappa shape index (κ1) is 13.9. The van der Waals surface area contributed by atoms with Crippen LogP contribution in [0.4, 0.5) is 0 Å². The molecule has 23 heavy (non-hydrogen) atoms. The largest absolute Gasteiger partial charge is 0.480 e. The standard InChI is InChI=1S/C16H17N5O2/c1-9-8-21-14(18-9)11(10-4-5-10)6-13(20-21)12-7-17-16(23-3)19-15(12)22-2/h6-8,10H,4-5H2,1-3H3. The van der Waals surface area contributed by atoms with Crippen molar-refractivity contribution in [2.45, 2.75) is 25.7 Å². The maximum Gasteiger partial charge on any atom is 0.319 e. The van der Waals surface area contributed by atoms with Gasteiger partial charge in [0.1, 0.15) is 0 Å². The molecule has 0 aliphatic heterocycles. The van der Waals surface area contributed by atoms with Crippen molar-refractivity contribution in [1.82, 2.24) is 24.6 Å². The van der Waals surface area contributed by atoms with Crippen molar-refractivity contribution in [3.8, 4) is 23.1 Å². The van der Waals surface area contributed by atoms with Gasteiger partial charge in [-0.2, -0.15) is 10.1 Å². The van der Waals surface area contributed by atoms with Crippen molar-refractivity contribution in [2.24, 2.45) is 0 Å². The van der Waals surface area contributed by atoms with E-state index in [0.29, 0.717) is 11.8 Å². The summed E-state index contributed by atoms with van der Waals surface area (Å²) >= 11 is 0. The topological polar surface area (TPSA) is 74.4 Å². The van der Waals surface area contributed by atoms with Crippen molar-refractivity contribution >= 4 is 5.65 Å². The van der Waals surface area contributed by atoms with Gasteiger partial charge in [-0.15, -0.1) is 0 Å². The Morgan fingerprint density at radius 3 is 2.70 bits per heavy atom. The minimum Gasteiger partial charge on any atom is -0.480 e. The Kier molecular flexibility index (Phi) is 3.14. The van der Waals surface area contributed by atoms with Gasteiger partial charge in [0.25, 0.3) is 0 Å². The van der Waals surface area contributed by atoms with E-state index >= 15 is 0 Å². The highest BCUT2D eigenvalue weighted by Gasteiger charge is 2.28. The zero-order chi connectivity index (χ0) is 16.0. The van der Waals surface area contributed by atoms with E-state index in [0.717, 1.165) is 22.6 Å². The average molecular weight is 311 g/mol. The van der Waals surface area contributed by atoms with Gasteiger partial charge in [0, 0.05) is 11.8 Å². The van der Waals surface area contributed by atoms with Gasteiger partial charge in [-0.1, -0.05) is 0 Å². The van der Waals surface area contributed by atoms with E-state index in [1.54, 1.807) is 13.3 Å². The molecular formula is C16H17N5O2. The molecule has 1 saturated carbocycles. The first-order valence-corrected chi connectivity index (χ1v) is 7.52. The number of imidazole rings is 1. The summed E-state index contributed by atoms with van der Waals surface area (Å²) < 4.78 is 12.3. The van der Waals surface area contributed by atoms with Crippen molar-refractivity contribution in [1.29, 1.82) is 0 Å². The van der Waals surface area contributed by atoms with Crippen LogP contribution >= 0.6 is 0 Å². The Morgan fingerprint density at radius 1 is 1.17 bits per heavy atom. The first-order chi connectivity index (χ1) is 11.2. The van der Waals surface area contributed by atoms with Crippen LogP contribution in [0.25, 0.3) is 16.9 Å². The van der Waals surface area contributed by atoms with E-state index in [4.69, 9.17) is 9.47 Å². The molecule has 3 aromatic rings. The van der Waals surface area contributed by atoms with Crippen LogP contribution in [0.3, 0.4) is 0 Å². The molecule has 0 atom stereocenters. The average Bonchev–Trinajstić information content (AvgIpc) is 3.34. The van der Waals surface area contributed by atoms with E-state index in [1.165, 1.54) is 25.5 Å². The molecule has 1 aliphatic carbocycles. The minimum atomic E-state index is 0.271.